The van der Waals surface area contributed by atoms with Crippen LogP contribution in [-0.4, -0.2) is 58.9 Å². The van der Waals surface area contributed by atoms with Gasteiger partial charge < -0.3 is 30.6 Å². The fourth-order valence-corrected chi connectivity index (χ4v) is 6.74. The Morgan fingerprint density at radius 2 is 1.78 bits per heavy atom. The van der Waals surface area contributed by atoms with Gasteiger partial charge in [-0.3, -0.25) is 14.4 Å². The van der Waals surface area contributed by atoms with Crippen molar-refractivity contribution in [1.29, 1.82) is 0 Å². The van der Waals surface area contributed by atoms with Crippen LogP contribution in [0.3, 0.4) is 0 Å². The zero-order valence-corrected chi connectivity index (χ0v) is 23.2. The highest BCUT2D eigenvalue weighted by Gasteiger charge is 2.48. The van der Waals surface area contributed by atoms with Crippen LogP contribution < -0.4 is 16.0 Å². The Balaban J connectivity index is 1.31. The summed E-state index contributed by atoms with van der Waals surface area (Å²) in [6.45, 7) is 1.53. The summed E-state index contributed by atoms with van der Waals surface area (Å²) < 4.78 is 4.61. The number of hydrogen-bond acceptors (Lipinski definition) is 5. The fraction of sp³-hybridized carbons (Fsp3) is 0.419. The maximum atomic E-state index is 14.2. The number of alkyl carbamates (subject to hydrolysis) is 1. The van der Waals surface area contributed by atoms with E-state index in [1.807, 2.05) is 36.4 Å². The third-order valence-corrected chi connectivity index (χ3v) is 8.74. The van der Waals surface area contributed by atoms with Crippen molar-refractivity contribution in [1.82, 2.24) is 25.8 Å². The predicted octanol–water partition coefficient (Wildman–Crippen LogP) is 3.18. The lowest BCUT2D eigenvalue weighted by molar-refractivity contribution is -0.143. The highest BCUT2D eigenvalue weighted by Crippen LogP contribution is 2.43. The molecule has 2 aromatic carbocycles. The van der Waals surface area contributed by atoms with E-state index in [1.54, 1.807) is 4.90 Å². The Kier molecular flexibility index (Phi) is 7.15. The molecule has 3 aliphatic rings. The normalized spacial score (nSPS) is 24.0. The largest absolute Gasteiger partial charge is 0.453 e. The van der Waals surface area contributed by atoms with Gasteiger partial charge in [-0.2, -0.15) is 0 Å². The second-order valence-electron chi connectivity index (χ2n) is 11.2. The molecule has 1 aromatic heterocycles. The fourth-order valence-electron chi connectivity index (χ4n) is 6.74. The topological polar surface area (TPSA) is 133 Å². The van der Waals surface area contributed by atoms with Crippen molar-refractivity contribution < 1.29 is 23.9 Å². The minimum absolute atomic E-state index is 0.0991. The van der Waals surface area contributed by atoms with E-state index < -0.39 is 30.1 Å². The summed E-state index contributed by atoms with van der Waals surface area (Å²) in [6.07, 6.45) is 3.52. The standard InChI is InChI=1S/C31H35N5O5/c1-17(32-31(40)41-2)28(37)35-24-16-21-20-11-5-6-12-23(20)33-27(21)25-14-15-26(36(25)30(24)39)29(38)34-22-13-7-9-18-8-3-4-10-19(18)22/h3-6,8,10-12,17,22,24-26,33H,7,9,13-16H2,1-2H3,(H,32,40)(H,34,38)(H,35,37)/t17-,22+,24-,25+,26-/m0/s1. The molecule has 4 amide bonds. The lowest BCUT2D eigenvalue weighted by atomic mass is 9.87. The number of aryl methyl sites for hydroxylation is 1. The number of nitrogens with zero attached hydrogens (tertiary/aromatic N) is 1. The molecule has 0 spiro atoms. The second kappa shape index (κ2) is 10.9. The van der Waals surface area contributed by atoms with Crippen molar-refractivity contribution in [3.63, 3.8) is 0 Å². The van der Waals surface area contributed by atoms with Gasteiger partial charge in [0, 0.05) is 23.0 Å². The highest BCUT2D eigenvalue weighted by atomic mass is 16.5. The molecular weight excluding hydrogens is 522 g/mol. The third kappa shape index (κ3) is 4.92. The first-order chi connectivity index (χ1) is 19.9. The smallest absolute Gasteiger partial charge is 0.407 e. The van der Waals surface area contributed by atoms with E-state index >= 15 is 0 Å². The van der Waals surface area contributed by atoms with Gasteiger partial charge in [0.25, 0.3) is 0 Å². The Hall–Kier alpha value is -4.34. The van der Waals surface area contributed by atoms with Crippen molar-refractivity contribution >= 4 is 34.7 Å². The quantitative estimate of drug-likeness (QED) is 0.383. The average molecular weight is 558 g/mol. The van der Waals surface area contributed by atoms with Crippen molar-refractivity contribution in [3.05, 3.63) is 70.9 Å². The van der Waals surface area contributed by atoms with E-state index in [9.17, 15) is 19.2 Å². The Bertz CT molecular complexity index is 1520. The molecule has 1 saturated heterocycles. The van der Waals surface area contributed by atoms with Gasteiger partial charge in [-0.1, -0.05) is 42.5 Å². The molecule has 2 aliphatic heterocycles. The minimum Gasteiger partial charge on any atom is -0.453 e. The van der Waals surface area contributed by atoms with Crippen LogP contribution in [0.15, 0.2) is 48.5 Å². The van der Waals surface area contributed by atoms with Crippen LogP contribution in [0.5, 0.6) is 0 Å². The van der Waals surface area contributed by atoms with Crippen molar-refractivity contribution in [2.24, 2.45) is 0 Å². The molecule has 3 heterocycles. The first-order valence-corrected chi connectivity index (χ1v) is 14.3. The van der Waals surface area contributed by atoms with Gasteiger partial charge in [0.15, 0.2) is 0 Å². The SMILES string of the molecule is COC(=O)N[C@@H](C)C(=O)N[C@H]1Cc2c([nH]c3ccccc23)[C@H]2CC[C@@H](C(=O)N[C@@H]3CCCc4ccccc43)N2C1=O. The number of nitrogens with one attached hydrogen (secondary N) is 4. The molecule has 214 valence electrons. The molecule has 3 aromatic rings. The number of amides is 4. The van der Waals surface area contributed by atoms with E-state index in [1.165, 1.54) is 19.6 Å². The number of carbonyl (C=O) groups excluding carboxylic acids is 4. The Labute approximate surface area is 238 Å². The predicted molar refractivity (Wildman–Crippen MR) is 152 cm³/mol. The van der Waals surface area contributed by atoms with Crippen molar-refractivity contribution in [2.45, 2.75) is 75.7 Å². The summed E-state index contributed by atoms with van der Waals surface area (Å²) in [5.74, 6) is -0.982. The van der Waals surface area contributed by atoms with Gasteiger partial charge in [-0.25, -0.2) is 4.79 Å². The number of aromatic nitrogens is 1. The summed E-state index contributed by atoms with van der Waals surface area (Å²) in [7, 11) is 1.22. The van der Waals surface area contributed by atoms with E-state index in [0.717, 1.165) is 47.0 Å². The molecule has 0 saturated carbocycles. The first kappa shape index (κ1) is 26.9. The summed E-state index contributed by atoms with van der Waals surface area (Å²) in [6, 6.07) is 13.2. The van der Waals surface area contributed by atoms with Crippen LogP contribution in [0.25, 0.3) is 10.9 Å². The van der Waals surface area contributed by atoms with Crippen LogP contribution in [0.1, 0.15) is 67.1 Å². The molecule has 1 aliphatic carbocycles. The monoisotopic (exact) mass is 557 g/mol. The van der Waals surface area contributed by atoms with Crippen LogP contribution in [0.2, 0.25) is 0 Å². The van der Waals surface area contributed by atoms with E-state index in [4.69, 9.17) is 0 Å². The number of methoxy groups -OCH3 is 1. The number of aromatic amines is 1. The van der Waals surface area contributed by atoms with Crippen LogP contribution in [0, 0.1) is 0 Å². The molecule has 10 nitrogen and oxygen atoms in total. The van der Waals surface area contributed by atoms with Gasteiger partial charge >= 0.3 is 6.09 Å². The van der Waals surface area contributed by atoms with Gasteiger partial charge in [0.05, 0.1) is 19.2 Å². The van der Waals surface area contributed by atoms with Crippen LogP contribution >= 0.6 is 0 Å². The highest BCUT2D eigenvalue weighted by molar-refractivity contribution is 5.96. The lowest BCUT2D eigenvalue weighted by Crippen LogP contribution is -2.56. The maximum absolute atomic E-state index is 14.2. The number of carbonyl (C=O) groups is 4. The molecule has 4 N–H and O–H groups in total. The van der Waals surface area contributed by atoms with Crippen LogP contribution in [-0.2, 0) is 32.0 Å². The molecule has 0 unspecified atom stereocenters. The molecule has 0 bridgehead atoms. The zero-order chi connectivity index (χ0) is 28.7. The maximum Gasteiger partial charge on any atom is 0.407 e. The minimum atomic E-state index is -0.916. The van der Waals surface area contributed by atoms with Crippen molar-refractivity contribution in [3.8, 4) is 0 Å². The molecule has 6 rings (SSSR count). The van der Waals surface area contributed by atoms with Crippen molar-refractivity contribution in [2.75, 3.05) is 7.11 Å². The molecule has 0 radical (unpaired) electrons. The molecule has 1 fully saturated rings. The second-order valence-corrected chi connectivity index (χ2v) is 11.2. The summed E-state index contributed by atoms with van der Waals surface area (Å²) in [4.78, 5) is 58.0. The number of rotatable bonds is 5. The number of fused-ring (bicyclic) bond motifs is 6. The number of ether oxygens (including phenoxy) is 1. The molecule has 41 heavy (non-hydrogen) atoms. The number of hydrogen-bond donors (Lipinski definition) is 4. The van der Waals surface area contributed by atoms with Gasteiger partial charge in [-0.05, 0) is 61.8 Å². The Morgan fingerprint density at radius 1 is 1.00 bits per heavy atom. The zero-order valence-electron chi connectivity index (χ0n) is 23.2. The lowest BCUT2D eigenvalue weighted by Gasteiger charge is -2.33. The molecule has 10 heteroatoms. The number of benzene rings is 2. The van der Waals surface area contributed by atoms with Gasteiger partial charge in [0.1, 0.15) is 18.1 Å². The van der Waals surface area contributed by atoms with Gasteiger partial charge in [0.2, 0.25) is 17.7 Å². The van der Waals surface area contributed by atoms with Crippen LogP contribution in [0.4, 0.5) is 4.79 Å². The van der Waals surface area contributed by atoms with E-state index in [2.05, 4.69) is 37.8 Å². The van der Waals surface area contributed by atoms with E-state index in [-0.39, 0.29) is 30.3 Å². The summed E-state index contributed by atoms with van der Waals surface area (Å²) in [5, 5.41) is 9.55. The first-order valence-electron chi connectivity index (χ1n) is 14.3. The molecule has 5 atom stereocenters. The molecular formula is C31H35N5O5. The van der Waals surface area contributed by atoms with Gasteiger partial charge in [-0.15, -0.1) is 0 Å². The number of para-hydroxylation sites is 1. The summed E-state index contributed by atoms with van der Waals surface area (Å²) >= 11 is 0. The Morgan fingerprint density at radius 3 is 2.61 bits per heavy atom. The average Bonchev–Trinajstić information content (AvgIpc) is 3.56. The van der Waals surface area contributed by atoms with E-state index in [0.29, 0.717) is 12.8 Å². The summed E-state index contributed by atoms with van der Waals surface area (Å²) in [5.41, 5.74) is 5.21. The third-order valence-electron chi connectivity index (χ3n) is 8.74. The number of H-pyrrole nitrogens is 1.